The lowest BCUT2D eigenvalue weighted by Gasteiger charge is -2.09. The van der Waals surface area contributed by atoms with Crippen LogP contribution in [0.4, 0.5) is 26.7 Å². The van der Waals surface area contributed by atoms with E-state index < -0.39 is 12.2 Å². The van der Waals surface area contributed by atoms with Gasteiger partial charge in [0.05, 0.1) is 0 Å². The minimum atomic E-state index is -0.542. The Kier molecular flexibility index (Phi) is 7.48. The van der Waals surface area contributed by atoms with Crippen LogP contribution in [0.5, 0.6) is 0 Å². The number of amides is 2. The summed E-state index contributed by atoms with van der Waals surface area (Å²) < 4.78 is 10.5. The molecule has 0 aliphatic heterocycles. The zero-order chi connectivity index (χ0) is 22.1. The third kappa shape index (κ3) is 7.08. The van der Waals surface area contributed by atoms with Crippen molar-refractivity contribution in [1.29, 1.82) is 0 Å². The van der Waals surface area contributed by atoms with Crippen LogP contribution >= 0.6 is 0 Å². The van der Waals surface area contributed by atoms with E-state index >= 15 is 0 Å². The highest BCUT2D eigenvalue weighted by Crippen LogP contribution is 2.14. The summed E-state index contributed by atoms with van der Waals surface area (Å²) in [5.41, 5.74) is 5.05. The van der Waals surface area contributed by atoms with Crippen LogP contribution in [0, 0.1) is 6.92 Å². The molecule has 0 atom stereocenters. The molecule has 0 fully saturated rings. The summed E-state index contributed by atoms with van der Waals surface area (Å²) in [5.74, 6) is 0. The summed E-state index contributed by atoms with van der Waals surface area (Å²) in [5, 5.41) is 8.38. The van der Waals surface area contributed by atoms with Crippen molar-refractivity contribution in [1.82, 2.24) is 0 Å². The molecule has 31 heavy (non-hydrogen) atoms. The zero-order valence-corrected chi connectivity index (χ0v) is 17.5. The van der Waals surface area contributed by atoms with Gasteiger partial charge < -0.3 is 14.8 Å². The van der Waals surface area contributed by atoms with Crippen molar-refractivity contribution in [2.45, 2.75) is 20.1 Å². The lowest BCUT2D eigenvalue weighted by atomic mass is 10.2. The van der Waals surface area contributed by atoms with Gasteiger partial charge in [0.1, 0.15) is 13.2 Å². The van der Waals surface area contributed by atoms with E-state index in [1.807, 2.05) is 62.5 Å². The predicted molar refractivity (Wildman–Crippen MR) is 121 cm³/mol. The molecule has 0 unspecified atom stereocenters. The molecule has 160 valence electrons. The molecule has 3 aromatic rings. The van der Waals surface area contributed by atoms with Crippen molar-refractivity contribution in [3.63, 3.8) is 0 Å². The third-order valence-corrected chi connectivity index (χ3v) is 4.48. The number of carbonyl (C=O) groups excluding carboxylic acids is 2. The fourth-order valence-corrected chi connectivity index (χ4v) is 2.69. The van der Waals surface area contributed by atoms with E-state index in [1.54, 1.807) is 24.3 Å². The molecule has 0 saturated heterocycles. The van der Waals surface area contributed by atoms with E-state index in [0.29, 0.717) is 11.4 Å². The summed E-state index contributed by atoms with van der Waals surface area (Å²) in [6.45, 7) is 2.27. The first kappa shape index (κ1) is 21.7. The van der Waals surface area contributed by atoms with Gasteiger partial charge in [-0.2, -0.15) is 0 Å². The highest BCUT2D eigenvalue weighted by atomic mass is 16.6. The monoisotopic (exact) mass is 419 g/mol. The van der Waals surface area contributed by atoms with E-state index in [1.165, 1.54) is 0 Å². The molecule has 0 radical (unpaired) electrons. The van der Waals surface area contributed by atoms with Crippen LogP contribution in [0.3, 0.4) is 0 Å². The minimum Gasteiger partial charge on any atom is -0.444 e. The fraction of sp³-hybridized carbons (Fsp3) is 0.167. The summed E-state index contributed by atoms with van der Waals surface area (Å²) in [6, 6.07) is 22.0. The average Bonchev–Trinajstić information content (AvgIpc) is 2.79. The molecule has 0 aliphatic carbocycles. The van der Waals surface area contributed by atoms with Crippen LogP contribution in [0.2, 0.25) is 0 Å². The molecule has 0 saturated carbocycles. The fourth-order valence-electron chi connectivity index (χ4n) is 2.69. The van der Waals surface area contributed by atoms with E-state index in [4.69, 9.17) is 9.47 Å². The maximum Gasteiger partial charge on any atom is 0.411 e. The number of anilines is 3. The first-order valence-electron chi connectivity index (χ1n) is 9.82. The molecule has 0 aliphatic rings. The van der Waals surface area contributed by atoms with Crippen LogP contribution < -0.4 is 16.0 Å². The Morgan fingerprint density at radius 3 is 1.45 bits per heavy atom. The largest absolute Gasteiger partial charge is 0.444 e. The number of ether oxygens (including phenoxy) is 2. The molecule has 0 aromatic heterocycles. The van der Waals surface area contributed by atoms with Crippen LogP contribution in [-0.2, 0) is 22.7 Å². The van der Waals surface area contributed by atoms with Gasteiger partial charge in [-0.15, -0.1) is 0 Å². The minimum absolute atomic E-state index is 0.116. The maximum absolute atomic E-state index is 12.0. The van der Waals surface area contributed by atoms with Gasteiger partial charge in [-0.3, -0.25) is 10.6 Å². The average molecular weight is 419 g/mol. The predicted octanol–water partition coefficient (Wildman–Crippen LogP) is 5.53. The first-order valence-corrected chi connectivity index (χ1v) is 9.82. The molecule has 0 spiro atoms. The molecule has 3 aromatic carbocycles. The van der Waals surface area contributed by atoms with Gasteiger partial charge in [0.2, 0.25) is 0 Å². The van der Waals surface area contributed by atoms with E-state index in [-0.39, 0.29) is 13.2 Å². The highest BCUT2D eigenvalue weighted by molar-refractivity contribution is 5.85. The van der Waals surface area contributed by atoms with Gasteiger partial charge in [0.25, 0.3) is 0 Å². The number of carbonyl (C=O) groups is 2. The lowest BCUT2D eigenvalue weighted by Crippen LogP contribution is -2.14. The molecule has 0 bridgehead atoms. The second-order valence-electron chi connectivity index (χ2n) is 6.91. The van der Waals surface area contributed by atoms with Gasteiger partial charge in [-0.05, 0) is 54.4 Å². The van der Waals surface area contributed by atoms with Crippen LogP contribution in [0.15, 0.2) is 72.8 Å². The summed E-state index contributed by atoms with van der Waals surface area (Å²) in [6.07, 6.45) is -1.07. The molecule has 7 nitrogen and oxygen atoms in total. The molecule has 7 heteroatoms. The Bertz CT molecular complexity index is 1000. The third-order valence-electron chi connectivity index (χ3n) is 4.48. The Labute approximate surface area is 181 Å². The quantitative estimate of drug-likeness (QED) is 0.468. The molecular weight excluding hydrogens is 394 g/mol. The number of hydrogen-bond acceptors (Lipinski definition) is 5. The van der Waals surface area contributed by atoms with Gasteiger partial charge in [-0.1, -0.05) is 42.0 Å². The van der Waals surface area contributed by atoms with Gasteiger partial charge >= 0.3 is 12.2 Å². The van der Waals surface area contributed by atoms with E-state index in [2.05, 4.69) is 16.0 Å². The Morgan fingerprint density at radius 1 is 0.645 bits per heavy atom. The second-order valence-corrected chi connectivity index (χ2v) is 6.91. The molecule has 0 heterocycles. The lowest BCUT2D eigenvalue weighted by molar-refractivity contribution is 0.154. The number of nitrogens with one attached hydrogen (secondary N) is 3. The van der Waals surface area contributed by atoms with Crippen molar-refractivity contribution >= 4 is 29.2 Å². The number of aryl methyl sites for hydroxylation is 1. The van der Waals surface area contributed by atoms with E-state index in [0.717, 1.165) is 22.4 Å². The van der Waals surface area contributed by atoms with Gasteiger partial charge in [-0.25, -0.2) is 9.59 Å². The normalized spacial score (nSPS) is 10.1. The van der Waals surface area contributed by atoms with Crippen molar-refractivity contribution in [3.8, 4) is 0 Å². The molecule has 3 rings (SSSR count). The standard InChI is InChI=1S/C24H25N3O4/c1-17-3-9-21(10-4-17)26-23(28)31-16-19-7-13-22(14-8-19)27-24(29)30-15-18-5-11-20(25-2)12-6-18/h3-14,25H,15-16H2,1-2H3,(H,26,28)(H,27,29). The summed E-state index contributed by atoms with van der Waals surface area (Å²) in [4.78, 5) is 23.9. The first-order chi connectivity index (χ1) is 15.0. The Hall–Kier alpha value is -4.00. The second kappa shape index (κ2) is 10.7. The van der Waals surface area contributed by atoms with Crippen molar-refractivity contribution < 1.29 is 19.1 Å². The maximum atomic E-state index is 12.0. The number of benzene rings is 3. The van der Waals surface area contributed by atoms with Gasteiger partial charge in [0, 0.05) is 24.1 Å². The zero-order valence-electron chi connectivity index (χ0n) is 17.5. The Morgan fingerprint density at radius 2 is 1.03 bits per heavy atom. The smallest absolute Gasteiger partial charge is 0.411 e. The summed E-state index contributed by atoms with van der Waals surface area (Å²) in [7, 11) is 1.84. The Balaban J connectivity index is 1.41. The van der Waals surface area contributed by atoms with E-state index in [9.17, 15) is 9.59 Å². The number of hydrogen-bond donors (Lipinski definition) is 3. The highest BCUT2D eigenvalue weighted by Gasteiger charge is 2.06. The van der Waals surface area contributed by atoms with Crippen molar-refractivity contribution in [2.75, 3.05) is 23.0 Å². The SMILES string of the molecule is CNc1ccc(COC(=O)Nc2ccc(COC(=O)Nc3ccc(C)cc3)cc2)cc1. The van der Waals surface area contributed by atoms with Crippen molar-refractivity contribution in [3.05, 3.63) is 89.5 Å². The van der Waals surface area contributed by atoms with Crippen LogP contribution in [-0.4, -0.2) is 19.2 Å². The van der Waals surface area contributed by atoms with Crippen LogP contribution in [0.25, 0.3) is 0 Å². The molecule has 3 N–H and O–H groups in total. The van der Waals surface area contributed by atoms with Gasteiger partial charge in [0.15, 0.2) is 0 Å². The topological polar surface area (TPSA) is 88.7 Å². The van der Waals surface area contributed by atoms with Crippen LogP contribution in [0.1, 0.15) is 16.7 Å². The molecular formula is C24H25N3O4. The number of rotatable bonds is 7. The molecule has 2 amide bonds. The summed E-state index contributed by atoms with van der Waals surface area (Å²) >= 11 is 0. The van der Waals surface area contributed by atoms with Crippen molar-refractivity contribution in [2.24, 2.45) is 0 Å².